The van der Waals surface area contributed by atoms with Crippen LogP contribution in [0.2, 0.25) is 0 Å². The van der Waals surface area contributed by atoms with Gasteiger partial charge in [0.2, 0.25) is 11.8 Å². The normalized spacial score (nSPS) is 20.3. The molecule has 0 spiro atoms. The van der Waals surface area contributed by atoms with Crippen LogP contribution >= 0.6 is 11.8 Å². The zero-order chi connectivity index (χ0) is 35.3. The molecule has 0 unspecified atom stereocenters. The van der Waals surface area contributed by atoms with Gasteiger partial charge in [-0.25, -0.2) is 9.59 Å². The molecule has 49 heavy (non-hydrogen) atoms. The Hall–Kier alpha value is -3.64. The molecule has 4 rings (SSSR count). The first kappa shape index (κ1) is 38.2. The van der Waals surface area contributed by atoms with Crippen molar-refractivity contribution in [1.82, 2.24) is 21.3 Å². The summed E-state index contributed by atoms with van der Waals surface area (Å²) < 4.78 is 56.0. The van der Waals surface area contributed by atoms with Crippen LogP contribution in [0.4, 0.5) is 18.0 Å². The van der Waals surface area contributed by atoms with E-state index in [1.54, 1.807) is 0 Å². The SMILES string of the molecule is O=C(CCCC[C@@H]1SC[C@@H]2NC(=O)N[C@@H]21)NCCCCCC(=O)NCCOCCOCCOc1cc(C2(C(F)(F)F)N=N2)ccc1C(=O)O. The summed E-state index contributed by atoms with van der Waals surface area (Å²) in [5.41, 5.74) is -3.32. The number of aromatic carboxylic acids is 1. The number of hydrogen-bond donors (Lipinski definition) is 5. The van der Waals surface area contributed by atoms with E-state index in [0.717, 1.165) is 56.1 Å². The fourth-order valence-electron chi connectivity index (χ4n) is 5.54. The van der Waals surface area contributed by atoms with Crippen molar-refractivity contribution in [2.45, 2.75) is 80.5 Å². The Bertz CT molecular complexity index is 1330. The van der Waals surface area contributed by atoms with Gasteiger partial charge >= 0.3 is 23.8 Å². The number of unbranched alkanes of at least 4 members (excludes halogenated alkanes) is 3. The first-order chi connectivity index (χ1) is 23.5. The lowest BCUT2D eigenvalue weighted by Gasteiger charge is -2.17. The maximum Gasteiger partial charge on any atom is 0.442 e. The predicted molar refractivity (Wildman–Crippen MR) is 172 cm³/mol. The van der Waals surface area contributed by atoms with Gasteiger partial charge in [0.05, 0.1) is 38.5 Å². The minimum Gasteiger partial charge on any atom is -0.490 e. The number of nitrogens with zero attached hydrogens (tertiary/aromatic N) is 2. The molecule has 5 N–H and O–H groups in total. The molecule has 3 heterocycles. The number of carboxylic acid groups (broad SMARTS) is 1. The third-order valence-electron chi connectivity index (χ3n) is 8.22. The Morgan fingerprint density at radius 3 is 2.29 bits per heavy atom. The van der Waals surface area contributed by atoms with Gasteiger partial charge in [-0.15, -0.1) is 10.2 Å². The topological polar surface area (TPSA) is 189 Å². The molecule has 3 aliphatic heterocycles. The number of halogens is 3. The number of carbonyl (C=O) groups is 4. The molecule has 0 radical (unpaired) electrons. The van der Waals surface area contributed by atoms with Crippen molar-refractivity contribution >= 4 is 35.6 Å². The van der Waals surface area contributed by atoms with Gasteiger partial charge in [-0.3, -0.25) is 9.59 Å². The Balaban J connectivity index is 0.925. The van der Waals surface area contributed by atoms with E-state index in [9.17, 15) is 37.5 Å². The average molecular weight is 717 g/mol. The van der Waals surface area contributed by atoms with E-state index in [1.807, 2.05) is 11.8 Å². The third kappa shape index (κ3) is 11.5. The highest BCUT2D eigenvalue weighted by Crippen LogP contribution is 2.53. The Morgan fingerprint density at radius 2 is 1.59 bits per heavy atom. The highest BCUT2D eigenvalue weighted by Gasteiger charge is 2.65. The lowest BCUT2D eigenvalue weighted by Crippen LogP contribution is -2.36. The van der Waals surface area contributed by atoms with Crippen LogP contribution in [0.1, 0.15) is 67.3 Å². The molecule has 1 aromatic carbocycles. The fraction of sp³-hybridized carbons (Fsp3) is 0.677. The van der Waals surface area contributed by atoms with Crippen molar-refractivity contribution in [3.05, 3.63) is 29.3 Å². The predicted octanol–water partition coefficient (Wildman–Crippen LogP) is 3.50. The molecular weight excluding hydrogens is 673 g/mol. The Kier molecular flexibility index (Phi) is 14.3. The molecule has 18 heteroatoms. The number of carboxylic acids is 1. The number of hydrogen-bond acceptors (Lipinski definition) is 10. The molecule has 2 fully saturated rings. The van der Waals surface area contributed by atoms with Crippen molar-refractivity contribution in [1.29, 1.82) is 0 Å². The van der Waals surface area contributed by atoms with Crippen LogP contribution < -0.4 is 26.0 Å². The van der Waals surface area contributed by atoms with Gasteiger partial charge in [-0.2, -0.15) is 24.9 Å². The smallest absolute Gasteiger partial charge is 0.442 e. The van der Waals surface area contributed by atoms with Crippen molar-refractivity contribution in [3.63, 3.8) is 0 Å². The maximum absolute atomic E-state index is 13.3. The fourth-order valence-corrected chi connectivity index (χ4v) is 7.08. The van der Waals surface area contributed by atoms with Crippen LogP contribution in [0.5, 0.6) is 5.75 Å². The summed E-state index contributed by atoms with van der Waals surface area (Å²) in [6.07, 6.45) is 1.16. The molecule has 0 saturated carbocycles. The molecule has 0 aliphatic carbocycles. The van der Waals surface area contributed by atoms with Crippen molar-refractivity contribution < 1.29 is 51.7 Å². The number of ether oxygens (including phenoxy) is 3. The molecule has 14 nitrogen and oxygen atoms in total. The van der Waals surface area contributed by atoms with Gasteiger partial charge in [0, 0.05) is 42.5 Å². The maximum atomic E-state index is 13.3. The van der Waals surface area contributed by atoms with Crippen LogP contribution in [-0.2, 0) is 24.7 Å². The molecule has 272 valence electrons. The summed E-state index contributed by atoms with van der Waals surface area (Å²) in [5.74, 6) is -0.724. The quantitative estimate of drug-likeness (QED) is 0.0834. The highest BCUT2D eigenvalue weighted by molar-refractivity contribution is 8.00. The lowest BCUT2D eigenvalue weighted by atomic mass is 10.0. The summed E-state index contributed by atoms with van der Waals surface area (Å²) in [5, 5.41) is 27.6. The van der Waals surface area contributed by atoms with Gasteiger partial charge < -0.3 is 40.6 Å². The number of urea groups is 1. The largest absolute Gasteiger partial charge is 0.490 e. The Morgan fingerprint density at radius 1 is 0.918 bits per heavy atom. The van der Waals surface area contributed by atoms with Crippen molar-refractivity contribution in [2.24, 2.45) is 10.2 Å². The standard InChI is InChI=1S/C31H43F3N6O8S/c32-31(33,34)30(39-40-30)20-9-10-21(28(43)44)23(18-20)48-17-16-47-15-14-46-13-12-36-26(42)7-2-1-5-11-35-25(41)8-4-3-6-24-27-22(19-49-24)37-29(45)38-27/h9-10,18,22,24,27H,1-8,11-17,19H2,(H,35,41)(H,36,42)(H,43,44)(H2,37,38,45)/t22-,24-,27-/m0/s1. The van der Waals surface area contributed by atoms with Crippen LogP contribution in [0.3, 0.4) is 0 Å². The lowest BCUT2D eigenvalue weighted by molar-refractivity contribution is -0.166. The molecule has 0 bridgehead atoms. The number of carbonyl (C=O) groups excluding carboxylic acids is 3. The van der Waals surface area contributed by atoms with Crippen LogP contribution in [0, 0.1) is 0 Å². The molecule has 2 saturated heterocycles. The summed E-state index contributed by atoms with van der Waals surface area (Å²) in [4.78, 5) is 47.0. The number of thioether (sulfide) groups is 1. The first-order valence-corrected chi connectivity index (χ1v) is 17.4. The molecule has 3 aliphatic rings. The summed E-state index contributed by atoms with van der Waals surface area (Å²) in [6.45, 7) is 1.53. The molecule has 4 amide bonds. The number of rotatable bonds is 23. The van der Waals surface area contributed by atoms with E-state index in [0.29, 0.717) is 37.6 Å². The summed E-state index contributed by atoms with van der Waals surface area (Å²) >= 11 is 1.87. The minimum absolute atomic E-state index is 0.0345. The summed E-state index contributed by atoms with van der Waals surface area (Å²) in [6, 6.07) is 3.33. The van der Waals surface area contributed by atoms with E-state index >= 15 is 0 Å². The molecule has 0 aromatic heterocycles. The molecule has 1 aromatic rings. The number of amides is 4. The highest BCUT2D eigenvalue weighted by atomic mass is 32.2. The number of alkyl halides is 3. The van der Waals surface area contributed by atoms with Gasteiger partial charge in [0.25, 0.3) is 0 Å². The zero-order valence-electron chi connectivity index (χ0n) is 27.0. The van der Waals surface area contributed by atoms with Crippen LogP contribution in [-0.4, -0.2) is 104 Å². The second kappa shape index (κ2) is 18.4. The van der Waals surface area contributed by atoms with E-state index in [4.69, 9.17) is 14.2 Å². The van der Waals surface area contributed by atoms with Crippen LogP contribution in [0.25, 0.3) is 0 Å². The van der Waals surface area contributed by atoms with E-state index < -0.39 is 17.8 Å². The second-order valence-corrected chi connectivity index (χ2v) is 13.1. The second-order valence-electron chi connectivity index (χ2n) is 11.8. The minimum atomic E-state index is -4.75. The number of fused-ring (bicyclic) bond motifs is 1. The van der Waals surface area contributed by atoms with Crippen molar-refractivity contribution in [2.75, 3.05) is 51.9 Å². The van der Waals surface area contributed by atoms with Crippen molar-refractivity contribution in [3.8, 4) is 5.75 Å². The van der Waals surface area contributed by atoms with E-state index in [2.05, 4.69) is 31.5 Å². The molecular formula is C31H43F3N6O8S. The average Bonchev–Trinajstić information content (AvgIpc) is 3.70. The van der Waals surface area contributed by atoms with Gasteiger partial charge in [0.15, 0.2) is 0 Å². The number of benzene rings is 1. The van der Waals surface area contributed by atoms with Crippen LogP contribution in [0.15, 0.2) is 28.4 Å². The molecule has 3 atom stereocenters. The van der Waals surface area contributed by atoms with E-state index in [1.165, 1.54) is 0 Å². The summed E-state index contributed by atoms with van der Waals surface area (Å²) in [7, 11) is 0. The first-order valence-electron chi connectivity index (χ1n) is 16.4. The Labute approximate surface area is 286 Å². The van der Waals surface area contributed by atoms with E-state index in [-0.39, 0.29) is 79.8 Å². The van der Waals surface area contributed by atoms with Gasteiger partial charge in [0.1, 0.15) is 17.9 Å². The third-order valence-corrected chi connectivity index (χ3v) is 9.73. The van der Waals surface area contributed by atoms with Gasteiger partial charge in [-0.05, 0) is 37.8 Å². The van der Waals surface area contributed by atoms with Gasteiger partial charge in [-0.1, -0.05) is 18.9 Å². The zero-order valence-corrected chi connectivity index (χ0v) is 27.8. The monoisotopic (exact) mass is 716 g/mol. The number of nitrogens with one attached hydrogen (secondary N) is 4.